The van der Waals surface area contributed by atoms with Gasteiger partial charge in [-0.15, -0.1) is 0 Å². The Morgan fingerprint density at radius 3 is 2.93 bits per heavy atom. The predicted molar refractivity (Wildman–Crippen MR) is 57.2 cm³/mol. The highest BCUT2D eigenvalue weighted by Gasteiger charge is 2.27. The molecule has 0 amide bonds. The van der Waals surface area contributed by atoms with Gasteiger partial charge < -0.3 is 5.32 Å². The van der Waals surface area contributed by atoms with E-state index in [1.165, 1.54) is 12.8 Å². The van der Waals surface area contributed by atoms with Crippen molar-refractivity contribution in [3.05, 3.63) is 18.1 Å². The zero-order chi connectivity index (χ0) is 9.97. The lowest BCUT2D eigenvalue weighted by molar-refractivity contribution is 0.689. The van der Waals surface area contributed by atoms with Crippen LogP contribution in [-0.4, -0.2) is 16.0 Å². The van der Waals surface area contributed by atoms with Crippen LogP contribution in [0.4, 0.5) is 5.82 Å². The third kappa shape index (κ3) is 2.22. The van der Waals surface area contributed by atoms with Gasteiger partial charge in [0.2, 0.25) is 0 Å². The van der Waals surface area contributed by atoms with Gasteiger partial charge in [0.15, 0.2) is 0 Å². The van der Waals surface area contributed by atoms with Gasteiger partial charge in [-0.25, -0.2) is 9.97 Å². The van der Waals surface area contributed by atoms with Crippen molar-refractivity contribution in [2.45, 2.75) is 39.2 Å². The van der Waals surface area contributed by atoms with Crippen molar-refractivity contribution in [3.63, 3.8) is 0 Å². The minimum absolute atomic E-state index is 0.551. The zero-order valence-corrected chi connectivity index (χ0v) is 8.83. The molecule has 1 fully saturated rings. The summed E-state index contributed by atoms with van der Waals surface area (Å²) in [6.45, 7) is 4.34. The molecule has 14 heavy (non-hydrogen) atoms. The highest BCUT2D eigenvalue weighted by Crippen LogP contribution is 2.33. The largest absolute Gasteiger partial charge is 0.367 e. The van der Waals surface area contributed by atoms with Gasteiger partial charge in [0.25, 0.3) is 0 Å². The fourth-order valence-electron chi connectivity index (χ4n) is 1.62. The van der Waals surface area contributed by atoms with Crippen molar-refractivity contribution in [2.24, 2.45) is 5.92 Å². The van der Waals surface area contributed by atoms with Crippen LogP contribution in [0, 0.1) is 5.92 Å². The molecular formula is C11H17N3. The van der Waals surface area contributed by atoms with Gasteiger partial charge >= 0.3 is 0 Å². The van der Waals surface area contributed by atoms with E-state index in [1.54, 1.807) is 6.33 Å². The molecule has 0 aromatic carbocycles. The van der Waals surface area contributed by atoms with Crippen molar-refractivity contribution in [1.29, 1.82) is 0 Å². The van der Waals surface area contributed by atoms with E-state index in [-0.39, 0.29) is 0 Å². The summed E-state index contributed by atoms with van der Waals surface area (Å²) in [5, 5.41) is 3.43. The summed E-state index contributed by atoms with van der Waals surface area (Å²) in [5.41, 5.74) is 1.10. The summed E-state index contributed by atoms with van der Waals surface area (Å²) in [7, 11) is 0. The minimum Gasteiger partial charge on any atom is -0.367 e. The van der Waals surface area contributed by atoms with E-state index in [1.807, 2.05) is 6.07 Å². The molecule has 1 aromatic rings. The standard InChI is InChI=1S/C11H17N3/c1-3-10-6-11(13-7-12-10)14-8(2)9-4-5-9/h6-9H,3-5H2,1-2H3,(H,12,13,14). The topological polar surface area (TPSA) is 37.8 Å². The number of nitrogens with one attached hydrogen (secondary N) is 1. The monoisotopic (exact) mass is 191 g/mol. The zero-order valence-electron chi connectivity index (χ0n) is 8.83. The number of nitrogens with zero attached hydrogens (tertiary/aromatic N) is 2. The summed E-state index contributed by atoms with van der Waals surface area (Å²) in [6.07, 6.45) is 5.33. The van der Waals surface area contributed by atoms with Crippen LogP contribution in [0.5, 0.6) is 0 Å². The Balaban J connectivity index is 2.00. The second kappa shape index (κ2) is 3.95. The van der Waals surface area contributed by atoms with E-state index in [0.717, 1.165) is 23.9 Å². The van der Waals surface area contributed by atoms with Crippen molar-refractivity contribution in [2.75, 3.05) is 5.32 Å². The van der Waals surface area contributed by atoms with Gasteiger partial charge in [-0.05, 0) is 32.1 Å². The molecule has 0 bridgehead atoms. The first kappa shape index (κ1) is 9.44. The molecule has 1 unspecified atom stereocenters. The molecule has 0 aliphatic heterocycles. The van der Waals surface area contributed by atoms with E-state index in [2.05, 4.69) is 29.1 Å². The fraction of sp³-hybridized carbons (Fsp3) is 0.636. The number of hydrogen-bond acceptors (Lipinski definition) is 3. The van der Waals surface area contributed by atoms with Crippen LogP contribution in [0.15, 0.2) is 12.4 Å². The van der Waals surface area contributed by atoms with Gasteiger partial charge in [-0.1, -0.05) is 6.92 Å². The lowest BCUT2D eigenvalue weighted by atomic mass is 10.2. The third-order valence-corrected chi connectivity index (χ3v) is 2.79. The Labute approximate surface area is 85.0 Å². The molecular weight excluding hydrogens is 174 g/mol. The lowest BCUT2D eigenvalue weighted by Crippen LogP contribution is -2.18. The van der Waals surface area contributed by atoms with Crippen LogP contribution in [0.25, 0.3) is 0 Å². The number of aromatic nitrogens is 2. The van der Waals surface area contributed by atoms with E-state index < -0.39 is 0 Å². The second-order valence-electron chi connectivity index (χ2n) is 4.02. The molecule has 0 spiro atoms. The summed E-state index contributed by atoms with van der Waals surface area (Å²) in [4.78, 5) is 8.39. The van der Waals surface area contributed by atoms with Crippen LogP contribution >= 0.6 is 0 Å². The summed E-state index contributed by atoms with van der Waals surface area (Å²) < 4.78 is 0. The summed E-state index contributed by atoms with van der Waals surface area (Å²) >= 11 is 0. The normalized spacial score (nSPS) is 17.9. The Kier molecular flexibility index (Phi) is 2.66. The van der Waals surface area contributed by atoms with Crippen molar-refractivity contribution >= 4 is 5.82 Å². The summed E-state index contributed by atoms with van der Waals surface area (Å²) in [6, 6.07) is 2.59. The molecule has 1 saturated carbocycles. The highest BCUT2D eigenvalue weighted by molar-refractivity contribution is 5.36. The van der Waals surface area contributed by atoms with Gasteiger partial charge in [0, 0.05) is 17.8 Å². The summed E-state index contributed by atoms with van der Waals surface area (Å²) in [5.74, 6) is 1.83. The molecule has 0 radical (unpaired) electrons. The average molecular weight is 191 g/mol. The molecule has 0 saturated heterocycles. The molecule has 1 aliphatic rings. The van der Waals surface area contributed by atoms with Gasteiger partial charge in [0.1, 0.15) is 12.1 Å². The first-order valence-corrected chi connectivity index (χ1v) is 5.37. The van der Waals surface area contributed by atoms with E-state index in [0.29, 0.717) is 6.04 Å². The maximum absolute atomic E-state index is 4.22. The number of hydrogen-bond donors (Lipinski definition) is 1. The Morgan fingerprint density at radius 2 is 2.29 bits per heavy atom. The van der Waals surface area contributed by atoms with Gasteiger partial charge in [0.05, 0.1) is 0 Å². The fourth-order valence-corrected chi connectivity index (χ4v) is 1.62. The van der Waals surface area contributed by atoms with Crippen LogP contribution in [-0.2, 0) is 6.42 Å². The SMILES string of the molecule is CCc1cc(NC(C)C2CC2)ncn1. The quantitative estimate of drug-likeness (QED) is 0.793. The van der Waals surface area contributed by atoms with E-state index in [9.17, 15) is 0 Å². The first-order valence-electron chi connectivity index (χ1n) is 5.37. The van der Waals surface area contributed by atoms with Crippen LogP contribution in [0.2, 0.25) is 0 Å². The van der Waals surface area contributed by atoms with E-state index >= 15 is 0 Å². The van der Waals surface area contributed by atoms with E-state index in [4.69, 9.17) is 0 Å². The molecule has 1 aromatic heterocycles. The molecule has 1 N–H and O–H groups in total. The van der Waals surface area contributed by atoms with Gasteiger partial charge in [-0.3, -0.25) is 0 Å². The predicted octanol–water partition coefficient (Wildman–Crippen LogP) is 2.25. The molecule has 1 atom stereocenters. The smallest absolute Gasteiger partial charge is 0.129 e. The number of anilines is 1. The molecule has 76 valence electrons. The Bertz CT molecular complexity index is 307. The molecule has 1 aliphatic carbocycles. The van der Waals surface area contributed by atoms with Crippen LogP contribution < -0.4 is 5.32 Å². The van der Waals surface area contributed by atoms with Crippen LogP contribution in [0.1, 0.15) is 32.4 Å². The average Bonchev–Trinajstić information content (AvgIpc) is 3.01. The minimum atomic E-state index is 0.551. The number of rotatable bonds is 4. The number of aryl methyl sites for hydroxylation is 1. The lowest BCUT2D eigenvalue weighted by Gasteiger charge is -2.13. The first-order chi connectivity index (χ1) is 6.79. The highest BCUT2D eigenvalue weighted by atomic mass is 15.0. The maximum Gasteiger partial charge on any atom is 0.129 e. The van der Waals surface area contributed by atoms with Gasteiger partial charge in [-0.2, -0.15) is 0 Å². The van der Waals surface area contributed by atoms with Crippen molar-refractivity contribution < 1.29 is 0 Å². The molecule has 3 nitrogen and oxygen atoms in total. The third-order valence-electron chi connectivity index (χ3n) is 2.79. The Hall–Kier alpha value is -1.12. The maximum atomic E-state index is 4.22. The molecule has 2 rings (SSSR count). The van der Waals surface area contributed by atoms with Crippen molar-refractivity contribution in [1.82, 2.24) is 9.97 Å². The van der Waals surface area contributed by atoms with Crippen LogP contribution in [0.3, 0.4) is 0 Å². The molecule has 1 heterocycles. The Morgan fingerprint density at radius 1 is 1.50 bits per heavy atom. The van der Waals surface area contributed by atoms with Crippen molar-refractivity contribution in [3.8, 4) is 0 Å². The molecule has 3 heteroatoms. The second-order valence-corrected chi connectivity index (χ2v) is 4.02.